The number of carbonyl (C=O) groups is 1. The van der Waals surface area contributed by atoms with Gasteiger partial charge in [-0.05, 0) is 19.8 Å². The molecule has 0 spiro atoms. The van der Waals surface area contributed by atoms with Crippen LogP contribution in [-0.4, -0.2) is 64.6 Å². The van der Waals surface area contributed by atoms with Crippen LogP contribution in [0.25, 0.3) is 0 Å². The Hall–Kier alpha value is -1.67. The van der Waals surface area contributed by atoms with E-state index in [0.717, 1.165) is 12.8 Å². The van der Waals surface area contributed by atoms with Gasteiger partial charge in [0.25, 0.3) is 0 Å². The summed E-state index contributed by atoms with van der Waals surface area (Å²) in [6.07, 6.45) is 3.41. The predicted molar refractivity (Wildman–Crippen MR) is 76.5 cm³/mol. The van der Waals surface area contributed by atoms with E-state index in [-0.39, 0.29) is 24.5 Å². The molecule has 0 bridgehead atoms. The Bertz CT molecular complexity index is 443. The maximum atomic E-state index is 12.1. The monoisotopic (exact) mass is 297 g/mol. The molecule has 118 valence electrons. The average Bonchev–Trinajstić information content (AvgIpc) is 2.89. The van der Waals surface area contributed by atoms with Crippen molar-refractivity contribution >= 4 is 11.9 Å². The average molecular weight is 297 g/mol. The lowest BCUT2D eigenvalue weighted by Gasteiger charge is -2.31. The quantitative estimate of drug-likeness (QED) is 0.706. The molecule has 2 heterocycles. The van der Waals surface area contributed by atoms with Crippen molar-refractivity contribution in [1.29, 1.82) is 0 Å². The van der Waals surface area contributed by atoms with Gasteiger partial charge in [-0.2, -0.15) is 0 Å². The lowest BCUT2D eigenvalue weighted by atomic mass is 10.1. The molecule has 0 unspecified atom stereocenters. The summed E-state index contributed by atoms with van der Waals surface area (Å²) in [4.78, 5) is 17.8. The highest BCUT2D eigenvalue weighted by Crippen LogP contribution is 2.14. The first-order chi connectivity index (χ1) is 10.2. The Morgan fingerprint density at radius 2 is 2.19 bits per heavy atom. The van der Waals surface area contributed by atoms with E-state index in [2.05, 4.69) is 10.1 Å². The molecule has 1 fully saturated rings. The maximum Gasteiger partial charge on any atom is 0.244 e. The Morgan fingerprint density at radius 3 is 2.81 bits per heavy atom. The zero-order valence-electron chi connectivity index (χ0n) is 12.4. The van der Waals surface area contributed by atoms with E-state index < -0.39 is 0 Å². The molecule has 0 radical (unpaired) electrons. The molecule has 1 amide bonds. The van der Waals surface area contributed by atoms with Crippen molar-refractivity contribution in [3.63, 3.8) is 0 Å². The van der Waals surface area contributed by atoms with Gasteiger partial charge in [0.1, 0.15) is 12.9 Å². The lowest BCUT2D eigenvalue weighted by Crippen LogP contribution is -2.42. The van der Waals surface area contributed by atoms with Crippen LogP contribution in [0.3, 0.4) is 0 Å². The van der Waals surface area contributed by atoms with Gasteiger partial charge in [-0.15, -0.1) is 5.10 Å². The molecule has 1 aliphatic rings. The van der Waals surface area contributed by atoms with Crippen LogP contribution in [0.2, 0.25) is 0 Å². The van der Waals surface area contributed by atoms with Crippen LogP contribution in [0.5, 0.6) is 0 Å². The first kappa shape index (κ1) is 15.7. The van der Waals surface area contributed by atoms with E-state index in [9.17, 15) is 4.79 Å². The van der Waals surface area contributed by atoms with Crippen LogP contribution in [0.15, 0.2) is 6.33 Å². The molecule has 1 saturated heterocycles. The van der Waals surface area contributed by atoms with Crippen LogP contribution >= 0.6 is 0 Å². The number of hydrogen-bond acceptors (Lipinski definition) is 6. The minimum absolute atomic E-state index is 0.0349. The summed E-state index contributed by atoms with van der Waals surface area (Å²) in [6, 6.07) is 0. The summed E-state index contributed by atoms with van der Waals surface area (Å²) >= 11 is 0. The molecular formula is C13H23N5O3. The van der Waals surface area contributed by atoms with Crippen molar-refractivity contribution in [2.75, 3.05) is 38.6 Å². The number of likely N-dealkylation sites (tertiary alicyclic amines) is 1. The number of anilines is 1. The second-order valence-corrected chi connectivity index (χ2v) is 4.95. The fourth-order valence-electron chi connectivity index (χ4n) is 2.31. The van der Waals surface area contributed by atoms with E-state index in [4.69, 9.17) is 15.2 Å². The molecule has 1 aliphatic heterocycles. The van der Waals surface area contributed by atoms with E-state index in [1.54, 1.807) is 0 Å². The van der Waals surface area contributed by atoms with Gasteiger partial charge in [0.15, 0.2) is 0 Å². The Balaban J connectivity index is 1.67. The van der Waals surface area contributed by atoms with Crippen LogP contribution in [-0.2, 0) is 20.8 Å². The molecule has 8 nitrogen and oxygen atoms in total. The number of nitrogens with zero attached hydrogens (tertiary/aromatic N) is 4. The Labute approximate surface area is 124 Å². The smallest absolute Gasteiger partial charge is 0.244 e. The molecule has 2 rings (SSSR count). The number of amides is 1. The first-order valence-corrected chi connectivity index (χ1v) is 7.31. The fraction of sp³-hybridized carbons (Fsp3) is 0.769. The van der Waals surface area contributed by atoms with Crippen molar-refractivity contribution in [3.05, 3.63) is 6.33 Å². The van der Waals surface area contributed by atoms with Gasteiger partial charge >= 0.3 is 0 Å². The Kier molecular flexibility index (Phi) is 5.94. The van der Waals surface area contributed by atoms with Crippen molar-refractivity contribution < 1.29 is 14.3 Å². The van der Waals surface area contributed by atoms with Crippen molar-refractivity contribution in [2.45, 2.75) is 32.4 Å². The number of piperidine rings is 1. The van der Waals surface area contributed by atoms with Crippen LogP contribution in [0.1, 0.15) is 19.8 Å². The summed E-state index contributed by atoms with van der Waals surface area (Å²) < 4.78 is 12.4. The van der Waals surface area contributed by atoms with E-state index >= 15 is 0 Å². The SMILES string of the molecule is CCOCCOC1CCN(C(=O)Cn2cnc(N)n2)CC1. The highest BCUT2D eigenvalue weighted by atomic mass is 16.5. The molecule has 0 atom stereocenters. The van der Waals surface area contributed by atoms with Crippen molar-refractivity contribution in [2.24, 2.45) is 0 Å². The number of carbonyl (C=O) groups excluding carboxylic acids is 1. The van der Waals surface area contributed by atoms with Gasteiger partial charge in [0, 0.05) is 19.7 Å². The van der Waals surface area contributed by atoms with Gasteiger partial charge in [0.05, 0.1) is 19.3 Å². The van der Waals surface area contributed by atoms with E-state index in [1.165, 1.54) is 11.0 Å². The summed E-state index contributed by atoms with van der Waals surface area (Å²) in [5.41, 5.74) is 5.42. The number of aromatic nitrogens is 3. The highest BCUT2D eigenvalue weighted by Gasteiger charge is 2.23. The zero-order valence-corrected chi connectivity index (χ0v) is 12.4. The van der Waals surface area contributed by atoms with Crippen LogP contribution < -0.4 is 5.73 Å². The van der Waals surface area contributed by atoms with Gasteiger partial charge < -0.3 is 20.1 Å². The first-order valence-electron chi connectivity index (χ1n) is 7.31. The number of hydrogen-bond donors (Lipinski definition) is 1. The molecule has 1 aromatic rings. The molecular weight excluding hydrogens is 274 g/mol. The predicted octanol–water partition coefficient (Wildman–Crippen LogP) is -0.0956. The maximum absolute atomic E-state index is 12.1. The largest absolute Gasteiger partial charge is 0.379 e. The van der Waals surface area contributed by atoms with Gasteiger partial charge in [-0.25, -0.2) is 9.67 Å². The Morgan fingerprint density at radius 1 is 1.43 bits per heavy atom. The molecule has 0 saturated carbocycles. The molecule has 0 aliphatic carbocycles. The summed E-state index contributed by atoms with van der Waals surface area (Å²) in [6.45, 7) is 5.52. The third-order valence-electron chi connectivity index (χ3n) is 3.43. The fourth-order valence-corrected chi connectivity index (χ4v) is 2.31. The van der Waals surface area contributed by atoms with Gasteiger partial charge in [-0.1, -0.05) is 0 Å². The number of nitrogens with two attached hydrogens (primary N) is 1. The normalized spacial score (nSPS) is 16.3. The number of nitrogen functional groups attached to an aromatic ring is 1. The van der Waals surface area contributed by atoms with Crippen LogP contribution in [0, 0.1) is 0 Å². The van der Waals surface area contributed by atoms with Gasteiger partial charge in [-0.3, -0.25) is 4.79 Å². The van der Waals surface area contributed by atoms with Crippen molar-refractivity contribution in [3.8, 4) is 0 Å². The topological polar surface area (TPSA) is 95.5 Å². The highest BCUT2D eigenvalue weighted by molar-refractivity contribution is 5.76. The molecule has 1 aromatic heterocycles. The van der Waals surface area contributed by atoms with E-state index in [1.807, 2.05) is 11.8 Å². The van der Waals surface area contributed by atoms with Crippen LogP contribution in [0.4, 0.5) is 5.95 Å². The molecule has 21 heavy (non-hydrogen) atoms. The lowest BCUT2D eigenvalue weighted by molar-refractivity contribution is -0.134. The number of rotatable bonds is 7. The second-order valence-electron chi connectivity index (χ2n) is 4.95. The zero-order chi connectivity index (χ0) is 15.1. The minimum atomic E-state index is 0.0349. The van der Waals surface area contributed by atoms with Gasteiger partial charge in [0.2, 0.25) is 11.9 Å². The third-order valence-corrected chi connectivity index (χ3v) is 3.43. The molecule has 2 N–H and O–H groups in total. The second kappa shape index (κ2) is 7.94. The summed E-state index contributed by atoms with van der Waals surface area (Å²) in [5.74, 6) is 0.219. The summed E-state index contributed by atoms with van der Waals surface area (Å²) in [7, 11) is 0. The minimum Gasteiger partial charge on any atom is -0.379 e. The third kappa shape index (κ3) is 4.98. The number of ether oxygens (including phenoxy) is 2. The summed E-state index contributed by atoms with van der Waals surface area (Å²) in [5, 5.41) is 3.92. The molecule has 8 heteroatoms. The van der Waals surface area contributed by atoms with Crippen molar-refractivity contribution in [1.82, 2.24) is 19.7 Å². The molecule has 0 aromatic carbocycles. The van der Waals surface area contributed by atoms with E-state index in [0.29, 0.717) is 32.9 Å². The standard InChI is InChI=1S/C13H23N5O3/c1-2-20-7-8-21-11-3-5-17(6-4-11)12(19)9-18-10-15-13(14)16-18/h10-11H,2-9H2,1H3,(H2,14,16).